The molecule has 3 rings (SSSR count). The van der Waals surface area contributed by atoms with Crippen molar-refractivity contribution in [1.29, 1.82) is 0 Å². The Labute approximate surface area is 147 Å². The number of benzene rings is 1. The lowest BCUT2D eigenvalue weighted by Gasteiger charge is -2.36. The van der Waals surface area contributed by atoms with Crippen molar-refractivity contribution in [2.45, 2.75) is 25.4 Å². The zero-order chi connectivity index (χ0) is 17.6. The van der Waals surface area contributed by atoms with E-state index < -0.39 is 0 Å². The van der Waals surface area contributed by atoms with Crippen LogP contribution in [0.2, 0.25) is 0 Å². The van der Waals surface area contributed by atoms with Crippen molar-refractivity contribution in [2.24, 2.45) is 0 Å². The zero-order valence-electron chi connectivity index (χ0n) is 14.4. The van der Waals surface area contributed by atoms with Crippen LogP contribution in [0.4, 0.5) is 4.39 Å². The fourth-order valence-electron chi connectivity index (χ4n) is 3.14. The van der Waals surface area contributed by atoms with Crippen molar-refractivity contribution < 1.29 is 13.6 Å². The molecular weight excluding hydrogens is 319 g/mol. The number of likely N-dealkylation sites (tertiary alicyclic amines) is 1. The van der Waals surface area contributed by atoms with Gasteiger partial charge in [0.2, 0.25) is 5.91 Å². The van der Waals surface area contributed by atoms with Crippen molar-refractivity contribution >= 4 is 12.0 Å². The van der Waals surface area contributed by atoms with Gasteiger partial charge in [-0.05, 0) is 68.9 Å². The molecule has 1 aliphatic rings. The molecule has 0 atom stereocenters. The molecule has 132 valence electrons. The van der Waals surface area contributed by atoms with Gasteiger partial charge >= 0.3 is 0 Å². The van der Waals surface area contributed by atoms with Gasteiger partial charge in [0.05, 0.1) is 12.8 Å². The summed E-state index contributed by atoms with van der Waals surface area (Å²) in [7, 11) is 2.10. The van der Waals surface area contributed by atoms with E-state index in [1.807, 2.05) is 17.0 Å². The third-order valence-corrected chi connectivity index (χ3v) is 4.59. The number of furan rings is 1. The molecule has 1 amide bonds. The van der Waals surface area contributed by atoms with E-state index >= 15 is 0 Å². The molecule has 5 heteroatoms. The Morgan fingerprint density at radius 2 is 2.12 bits per heavy atom. The van der Waals surface area contributed by atoms with Gasteiger partial charge in [-0.25, -0.2) is 4.39 Å². The number of nitrogens with zero attached hydrogens (tertiary/aromatic N) is 2. The van der Waals surface area contributed by atoms with Crippen LogP contribution < -0.4 is 0 Å². The summed E-state index contributed by atoms with van der Waals surface area (Å²) in [5.74, 6) is 0.388. The summed E-state index contributed by atoms with van der Waals surface area (Å²) in [5, 5.41) is 0. The maximum atomic E-state index is 13.3. The Hall–Kier alpha value is -2.40. The molecule has 0 N–H and O–H groups in total. The lowest BCUT2D eigenvalue weighted by molar-refractivity contribution is -0.130. The molecule has 4 nitrogen and oxygen atoms in total. The SMILES string of the molecule is CN1CCC(N(Cc2ccco2)C(=O)/C=C/c2cccc(F)c2)CC1. The van der Waals surface area contributed by atoms with Gasteiger partial charge in [0.1, 0.15) is 11.6 Å². The Balaban J connectivity index is 1.74. The van der Waals surface area contributed by atoms with Crippen molar-refractivity contribution in [3.05, 3.63) is 65.9 Å². The van der Waals surface area contributed by atoms with Gasteiger partial charge in [-0.2, -0.15) is 0 Å². The minimum Gasteiger partial charge on any atom is -0.467 e. The molecule has 1 fully saturated rings. The lowest BCUT2D eigenvalue weighted by atomic mass is 10.0. The van der Waals surface area contributed by atoms with Crippen LogP contribution in [0.5, 0.6) is 0 Å². The molecule has 1 aromatic carbocycles. The summed E-state index contributed by atoms with van der Waals surface area (Å²) in [6, 6.07) is 10.1. The van der Waals surface area contributed by atoms with Crippen LogP contribution in [0.25, 0.3) is 6.08 Å². The maximum absolute atomic E-state index is 13.3. The highest BCUT2D eigenvalue weighted by Gasteiger charge is 2.26. The normalized spacial score (nSPS) is 16.4. The molecule has 2 aromatic rings. The smallest absolute Gasteiger partial charge is 0.247 e. The van der Waals surface area contributed by atoms with Crippen molar-refractivity contribution in [3.8, 4) is 0 Å². The van der Waals surface area contributed by atoms with Gasteiger partial charge in [-0.3, -0.25) is 4.79 Å². The number of piperidine rings is 1. The number of carbonyl (C=O) groups is 1. The number of rotatable bonds is 5. The van der Waals surface area contributed by atoms with E-state index in [1.54, 1.807) is 24.5 Å². The minimum atomic E-state index is -0.308. The zero-order valence-corrected chi connectivity index (χ0v) is 14.4. The first-order valence-corrected chi connectivity index (χ1v) is 8.57. The van der Waals surface area contributed by atoms with Gasteiger partial charge in [-0.1, -0.05) is 12.1 Å². The predicted molar refractivity (Wildman–Crippen MR) is 95.2 cm³/mol. The summed E-state index contributed by atoms with van der Waals surface area (Å²) in [6.45, 7) is 2.40. The quantitative estimate of drug-likeness (QED) is 0.780. The predicted octanol–water partition coefficient (Wildman–Crippen LogP) is 3.55. The van der Waals surface area contributed by atoms with Crippen molar-refractivity contribution in [3.63, 3.8) is 0 Å². The molecule has 0 unspecified atom stereocenters. The van der Waals surface area contributed by atoms with Gasteiger partial charge in [0.25, 0.3) is 0 Å². The van der Waals surface area contributed by atoms with Crippen LogP contribution in [0, 0.1) is 5.82 Å². The summed E-state index contributed by atoms with van der Waals surface area (Å²) >= 11 is 0. The standard InChI is InChI=1S/C20H23FN2O2/c1-22-11-9-18(10-12-22)23(15-19-6-3-13-25-19)20(24)8-7-16-4-2-5-17(21)14-16/h2-8,13-14,18H,9-12,15H2,1H3/b8-7+. The first kappa shape index (κ1) is 17.4. The van der Waals surface area contributed by atoms with Crippen LogP contribution in [-0.2, 0) is 11.3 Å². The van der Waals surface area contributed by atoms with Gasteiger partial charge in [-0.15, -0.1) is 0 Å². The van der Waals surface area contributed by atoms with Crippen molar-refractivity contribution in [2.75, 3.05) is 20.1 Å². The van der Waals surface area contributed by atoms with Crippen LogP contribution in [0.15, 0.2) is 53.2 Å². The molecule has 2 heterocycles. The highest BCUT2D eigenvalue weighted by Crippen LogP contribution is 2.19. The Morgan fingerprint density at radius 3 is 2.80 bits per heavy atom. The first-order valence-electron chi connectivity index (χ1n) is 8.57. The monoisotopic (exact) mass is 342 g/mol. The lowest BCUT2D eigenvalue weighted by Crippen LogP contribution is -2.45. The number of carbonyl (C=O) groups excluding carboxylic acids is 1. The maximum Gasteiger partial charge on any atom is 0.247 e. The molecule has 0 aliphatic carbocycles. The highest BCUT2D eigenvalue weighted by molar-refractivity contribution is 5.92. The van der Waals surface area contributed by atoms with E-state index in [0.29, 0.717) is 12.1 Å². The second-order valence-corrected chi connectivity index (χ2v) is 6.47. The van der Waals surface area contributed by atoms with Crippen LogP contribution in [-0.4, -0.2) is 41.9 Å². The number of halogens is 1. The van der Waals surface area contributed by atoms with Crippen LogP contribution in [0.1, 0.15) is 24.2 Å². The fraction of sp³-hybridized carbons (Fsp3) is 0.350. The molecule has 1 aliphatic heterocycles. The molecule has 0 bridgehead atoms. The Morgan fingerprint density at radius 1 is 1.32 bits per heavy atom. The van der Waals surface area contributed by atoms with Gasteiger partial charge in [0.15, 0.2) is 0 Å². The Kier molecular flexibility index (Phi) is 5.66. The molecule has 1 saturated heterocycles. The molecule has 0 radical (unpaired) electrons. The molecule has 0 saturated carbocycles. The number of amides is 1. The number of hydrogen-bond acceptors (Lipinski definition) is 3. The average Bonchev–Trinajstić information content (AvgIpc) is 3.12. The third-order valence-electron chi connectivity index (χ3n) is 4.59. The molecule has 25 heavy (non-hydrogen) atoms. The van der Waals surface area contributed by atoms with E-state index in [-0.39, 0.29) is 17.8 Å². The van der Waals surface area contributed by atoms with E-state index in [1.165, 1.54) is 18.2 Å². The second-order valence-electron chi connectivity index (χ2n) is 6.47. The minimum absolute atomic E-state index is 0.0739. The summed E-state index contributed by atoms with van der Waals surface area (Å²) in [4.78, 5) is 16.9. The van der Waals surface area contributed by atoms with Crippen molar-refractivity contribution in [1.82, 2.24) is 9.80 Å². The average molecular weight is 342 g/mol. The van der Waals surface area contributed by atoms with E-state index in [2.05, 4.69) is 11.9 Å². The molecular formula is C20H23FN2O2. The second kappa shape index (κ2) is 8.12. The molecule has 1 aromatic heterocycles. The van der Waals surface area contributed by atoms with E-state index in [4.69, 9.17) is 4.42 Å². The topological polar surface area (TPSA) is 36.7 Å². The summed E-state index contributed by atoms with van der Waals surface area (Å²) < 4.78 is 18.7. The fourth-order valence-corrected chi connectivity index (χ4v) is 3.14. The van der Waals surface area contributed by atoms with Gasteiger partial charge < -0.3 is 14.2 Å². The van der Waals surface area contributed by atoms with Gasteiger partial charge in [0, 0.05) is 12.1 Å². The highest BCUT2D eigenvalue weighted by atomic mass is 19.1. The first-order chi connectivity index (χ1) is 12.1. The van der Waals surface area contributed by atoms with E-state index in [0.717, 1.165) is 31.7 Å². The third kappa shape index (κ3) is 4.79. The molecule has 0 spiro atoms. The summed E-state index contributed by atoms with van der Waals surface area (Å²) in [6.07, 6.45) is 6.69. The Bertz CT molecular complexity index is 719. The largest absolute Gasteiger partial charge is 0.467 e. The van der Waals surface area contributed by atoms with Crippen LogP contribution in [0.3, 0.4) is 0 Å². The van der Waals surface area contributed by atoms with E-state index in [9.17, 15) is 9.18 Å². The van der Waals surface area contributed by atoms with Crippen LogP contribution >= 0.6 is 0 Å². The summed E-state index contributed by atoms with van der Waals surface area (Å²) in [5.41, 5.74) is 0.676. The number of hydrogen-bond donors (Lipinski definition) is 0.